The van der Waals surface area contributed by atoms with Crippen LogP contribution in [0.5, 0.6) is 5.75 Å². The average Bonchev–Trinajstić information content (AvgIpc) is 2.85. The Labute approximate surface area is 212 Å². The van der Waals surface area contributed by atoms with Crippen molar-refractivity contribution in [2.75, 3.05) is 26.2 Å². The van der Waals surface area contributed by atoms with Crippen LogP contribution in [0, 0.1) is 18.8 Å². The average molecular weight is 514 g/mol. The molecule has 0 spiro atoms. The fourth-order valence-electron chi connectivity index (χ4n) is 3.66. The van der Waals surface area contributed by atoms with Crippen molar-refractivity contribution >= 4 is 21.9 Å². The molecule has 0 bridgehead atoms. The third-order valence-corrected chi connectivity index (χ3v) is 7.38. The summed E-state index contributed by atoms with van der Waals surface area (Å²) >= 11 is 0. The Hall–Kier alpha value is -3.39. The highest BCUT2D eigenvalue weighted by molar-refractivity contribution is 7.89. The van der Waals surface area contributed by atoms with Gasteiger partial charge in [-0.1, -0.05) is 25.0 Å². The van der Waals surface area contributed by atoms with Gasteiger partial charge >= 0.3 is 5.97 Å². The molecule has 1 heterocycles. The van der Waals surface area contributed by atoms with Crippen molar-refractivity contribution in [3.63, 3.8) is 0 Å². The second-order valence-electron chi connectivity index (χ2n) is 8.26. The van der Waals surface area contributed by atoms with E-state index in [9.17, 15) is 18.0 Å². The highest BCUT2D eigenvalue weighted by Crippen LogP contribution is 2.22. The fourth-order valence-corrected chi connectivity index (χ4v) is 5.30. The molecule has 1 aliphatic heterocycles. The van der Waals surface area contributed by atoms with Crippen molar-refractivity contribution in [1.82, 2.24) is 14.7 Å². The highest BCUT2D eigenvalue weighted by atomic mass is 32.2. The number of piperazine rings is 1. The van der Waals surface area contributed by atoms with Gasteiger partial charge in [0.05, 0.1) is 11.4 Å². The Balaban J connectivity index is 1.81. The van der Waals surface area contributed by atoms with Gasteiger partial charge in [0.25, 0.3) is 5.91 Å². The molecule has 1 saturated heterocycles. The number of nitrogens with zero attached hydrogens (tertiary/aromatic N) is 2. The summed E-state index contributed by atoms with van der Waals surface area (Å²) in [4.78, 5) is 30.6. The van der Waals surface area contributed by atoms with Crippen LogP contribution in [-0.2, 0) is 19.7 Å². The van der Waals surface area contributed by atoms with E-state index in [1.165, 1.54) is 15.4 Å². The molecule has 0 aromatic heterocycles. The van der Waals surface area contributed by atoms with Crippen LogP contribution in [0.2, 0.25) is 0 Å². The number of benzene rings is 2. The van der Waals surface area contributed by atoms with Crippen molar-refractivity contribution in [1.29, 1.82) is 0 Å². The minimum atomic E-state index is -3.92. The van der Waals surface area contributed by atoms with Crippen molar-refractivity contribution in [3.05, 3.63) is 59.7 Å². The second-order valence-corrected chi connectivity index (χ2v) is 10.2. The van der Waals surface area contributed by atoms with E-state index in [1.54, 1.807) is 43.3 Å². The van der Waals surface area contributed by atoms with E-state index in [4.69, 9.17) is 9.57 Å². The number of carbonyl (C=O) groups excluding carboxylic acids is 2. The van der Waals surface area contributed by atoms with Crippen LogP contribution in [0.4, 0.5) is 0 Å². The summed E-state index contributed by atoms with van der Waals surface area (Å²) in [5.74, 6) is 5.22. The number of nitrogens with one attached hydrogen (secondary N) is 1. The zero-order chi connectivity index (χ0) is 26.1. The number of ether oxygens (including phenoxy) is 1. The molecule has 1 fully saturated rings. The van der Waals surface area contributed by atoms with Gasteiger partial charge in [-0.25, -0.2) is 8.42 Å². The lowest BCUT2D eigenvalue weighted by molar-refractivity contribution is -0.199. The van der Waals surface area contributed by atoms with E-state index in [1.807, 2.05) is 19.9 Å². The van der Waals surface area contributed by atoms with Crippen LogP contribution in [0.25, 0.3) is 0 Å². The molecule has 0 saturated carbocycles. The van der Waals surface area contributed by atoms with Gasteiger partial charge in [-0.15, -0.1) is 11.0 Å². The molecule has 9 nitrogen and oxygen atoms in total. The first-order chi connectivity index (χ1) is 17.2. The smallest absolute Gasteiger partial charge is 0.325 e. The molecule has 192 valence electrons. The van der Waals surface area contributed by atoms with Crippen molar-refractivity contribution in [2.45, 2.75) is 44.7 Å². The van der Waals surface area contributed by atoms with Gasteiger partial charge in [-0.05, 0) is 62.2 Å². The largest absolute Gasteiger partial charge is 0.481 e. The van der Waals surface area contributed by atoms with Crippen LogP contribution in [0.3, 0.4) is 0 Å². The first-order valence-corrected chi connectivity index (χ1v) is 13.2. The van der Waals surface area contributed by atoms with Gasteiger partial charge in [-0.2, -0.15) is 4.31 Å². The third-order valence-electron chi connectivity index (χ3n) is 5.48. The maximum atomic E-state index is 13.5. The van der Waals surface area contributed by atoms with Crippen molar-refractivity contribution in [3.8, 4) is 17.6 Å². The standard InChI is InChI=1S/C26H31N3O6S/c1-4-6-17-34-22-13-11-21(12-14-22)26(31)27-24-19-28(35-25(30)8-5-2)15-16-29(24)36(32,33)23-10-7-9-20(3)18-23/h7,9-14,18,24H,5,8,15-17,19H2,1-3H3,(H,27,31). The molecule has 1 atom stereocenters. The van der Waals surface area contributed by atoms with Crippen LogP contribution in [-0.4, -0.2) is 62.1 Å². The predicted molar refractivity (Wildman–Crippen MR) is 134 cm³/mol. The van der Waals surface area contributed by atoms with Crippen LogP contribution < -0.4 is 10.1 Å². The SMILES string of the molecule is CC#CCOc1ccc(C(=O)NC2CN(OC(=O)CCC)CCN2S(=O)(=O)c2cccc(C)c2)cc1. The van der Waals surface area contributed by atoms with Crippen LogP contribution in [0.15, 0.2) is 53.4 Å². The maximum Gasteiger partial charge on any atom is 0.325 e. The Morgan fingerprint density at radius 1 is 1.14 bits per heavy atom. The molecule has 36 heavy (non-hydrogen) atoms. The van der Waals surface area contributed by atoms with Crippen molar-refractivity contribution < 1.29 is 27.6 Å². The Morgan fingerprint density at radius 3 is 2.56 bits per heavy atom. The number of hydroxylamine groups is 2. The molecule has 0 aliphatic carbocycles. The molecule has 1 aliphatic rings. The van der Waals surface area contributed by atoms with E-state index in [2.05, 4.69) is 17.2 Å². The lowest BCUT2D eigenvalue weighted by Gasteiger charge is -2.39. The monoisotopic (exact) mass is 513 g/mol. The minimum absolute atomic E-state index is 0.0108. The number of aryl methyl sites for hydroxylation is 1. The van der Waals surface area contributed by atoms with E-state index >= 15 is 0 Å². The number of amides is 1. The van der Waals surface area contributed by atoms with Gasteiger partial charge in [0, 0.05) is 25.1 Å². The molecule has 0 radical (unpaired) electrons. The zero-order valence-electron chi connectivity index (χ0n) is 20.7. The summed E-state index contributed by atoms with van der Waals surface area (Å²) in [5, 5.41) is 4.19. The number of sulfonamides is 1. The summed E-state index contributed by atoms with van der Waals surface area (Å²) in [6.45, 7) is 5.84. The number of rotatable bonds is 9. The first kappa shape index (κ1) is 27.2. The summed E-state index contributed by atoms with van der Waals surface area (Å²) < 4.78 is 33.7. The van der Waals surface area contributed by atoms with Crippen molar-refractivity contribution in [2.24, 2.45) is 0 Å². The summed E-state index contributed by atoms with van der Waals surface area (Å²) in [7, 11) is -3.92. The normalized spacial score (nSPS) is 16.5. The van der Waals surface area contributed by atoms with Gasteiger partial charge in [0.2, 0.25) is 10.0 Å². The summed E-state index contributed by atoms with van der Waals surface area (Å²) in [6.07, 6.45) is -0.0790. The fraction of sp³-hybridized carbons (Fsp3) is 0.385. The first-order valence-electron chi connectivity index (χ1n) is 11.7. The number of hydrogen-bond donors (Lipinski definition) is 1. The Kier molecular flexibility index (Phi) is 9.47. The molecule has 10 heteroatoms. The molecular formula is C26H31N3O6S. The molecule has 2 aromatic carbocycles. The second kappa shape index (κ2) is 12.5. The molecule has 2 aromatic rings. The van der Waals surface area contributed by atoms with E-state index in [-0.39, 0.29) is 37.6 Å². The van der Waals surface area contributed by atoms with E-state index in [0.29, 0.717) is 17.7 Å². The van der Waals surface area contributed by atoms with Crippen LogP contribution >= 0.6 is 0 Å². The lowest BCUT2D eigenvalue weighted by Crippen LogP contribution is -2.61. The zero-order valence-corrected chi connectivity index (χ0v) is 21.5. The molecule has 1 amide bonds. The third kappa shape index (κ3) is 7.07. The highest BCUT2D eigenvalue weighted by Gasteiger charge is 2.38. The molecule has 3 rings (SSSR count). The number of carbonyl (C=O) groups is 2. The van der Waals surface area contributed by atoms with Crippen LogP contribution in [0.1, 0.15) is 42.6 Å². The topological polar surface area (TPSA) is 105 Å². The Morgan fingerprint density at radius 2 is 1.89 bits per heavy atom. The minimum Gasteiger partial charge on any atom is -0.481 e. The van der Waals surface area contributed by atoms with E-state index in [0.717, 1.165) is 5.56 Å². The van der Waals surface area contributed by atoms with Gasteiger partial charge in [0.1, 0.15) is 18.5 Å². The summed E-state index contributed by atoms with van der Waals surface area (Å²) in [5.41, 5.74) is 1.13. The Bertz CT molecular complexity index is 1230. The van der Waals surface area contributed by atoms with E-state index < -0.39 is 28.1 Å². The lowest BCUT2D eigenvalue weighted by atomic mass is 10.2. The van der Waals surface area contributed by atoms with Gasteiger partial charge in [0.15, 0.2) is 0 Å². The number of hydrogen-bond acceptors (Lipinski definition) is 7. The molecular weight excluding hydrogens is 482 g/mol. The summed E-state index contributed by atoms with van der Waals surface area (Å²) in [6, 6.07) is 13.1. The maximum absolute atomic E-state index is 13.5. The van der Waals surface area contributed by atoms with Gasteiger partial charge in [-0.3, -0.25) is 9.59 Å². The predicted octanol–water partition coefficient (Wildman–Crippen LogP) is 2.72. The molecule has 1 unspecified atom stereocenters. The molecule has 1 N–H and O–H groups in total. The quantitative estimate of drug-likeness (QED) is 0.514. The van der Waals surface area contributed by atoms with Gasteiger partial charge < -0.3 is 14.9 Å².